The minimum atomic E-state index is 0.374. The van der Waals surface area contributed by atoms with Crippen LogP contribution in [0.4, 0.5) is 0 Å². The van der Waals surface area contributed by atoms with Crippen LogP contribution in [0.15, 0.2) is 18.2 Å². The summed E-state index contributed by atoms with van der Waals surface area (Å²) >= 11 is 0. The van der Waals surface area contributed by atoms with Crippen LogP contribution in [0.1, 0.15) is 28.2 Å². The van der Waals surface area contributed by atoms with Gasteiger partial charge in [-0.1, -0.05) is 6.07 Å². The average Bonchev–Trinajstić information content (AvgIpc) is 2.33. The van der Waals surface area contributed by atoms with Crippen LogP contribution in [0.25, 0.3) is 11.3 Å². The minimum Gasteiger partial charge on any atom is -0.324 e. The summed E-state index contributed by atoms with van der Waals surface area (Å²) in [6.07, 6.45) is 0. The zero-order valence-electron chi connectivity index (χ0n) is 11.4. The topological polar surface area (TPSA) is 51.8 Å². The first-order chi connectivity index (χ1) is 8.51. The highest BCUT2D eigenvalue weighted by atomic mass is 14.9. The summed E-state index contributed by atoms with van der Waals surface area (Å²) in [6.45, 7) is 8.71. The highest BCUT2D eigenvalue weighted by Crippen LogP contribution is 2.25. The lowest BCUT2D eigenvalue weighted by atomic mass is 9.98. The van der Waals surface area contributed by atoms with Crippen molar-refractivity contribution in [2.24, 2.45) is 5.73 Å². The van der Waals surface area contributed by atoms with Crippen LogP contribution in [-0.4, -0.2) is 9.97 Å². The molecule has 3 nitrogen and oxygen atoms in total. The van der Waals surface area contributed by atoms with Crippen molar-refractivity contribution >= 4 is 0 Å². The third-order valence-corrected chi connectivity index (χ3v) is 3.20. The molecule has 2 aromatic rings. The van der Waals surface area contributed by atoms with Gasteiger partial charge in [0.1, 0.15) is 5.82 Å². The Balaban J connectivity index is 2.61. The smallest absolute Gasteiger partial charge is 0.142 e. The number of nitrogens with two attached hydrogens (primary N) is 1. The lowest BCUT2D eigenvalue weighted by Crippen LogP contribution is -2.05. The van der Waals surface area contributed by atoms with Crippen molar-refractivity contribution in [1.82, 2.24) is 9.97 Å². The zero-order chi connectivity index (χ0) is 13.3. The van der Waals surface area contributed by atoms with E-state index in [0.717, 1.165) is 11.4 Å². The van der Waals surface area contributed by atoms with Crippen LogP contribution in [0.5, 0.6) is 0 Å². The lowest BCUT2D eigenvalue weighted by Gasteiger charge is -2.11. The van der Waals surface area contributed by atoms with Gasteiger partial charge in [0, 0.05) is 11.3 Å². The van der Waals surface area contributed by atoms with Gasteiger partial charge in [-0.3, -0.25) is 0 Å². The largest absolute Gasteiger partial charge is 0.324 e. The molecule has 94 valence electrons. The fourth-order valence-corrected chi connectivity index (χ4v) is 2.10. The summed E-state index contributed by atoms with van der Waals surface area (Å²) in [5.41, 5.74) is 12.5. The Morgan fingerprint density at radius 3 is 2.22 bits per heavy atom. The van der Waals surface area contributed by atoms with Crippen molar-refractivity contribution < 1.29 is 0 Å². The van der Waals surface area contributed by atoms with Gasteiger partial charge in [0.25, 0.3) is 0 Å². The molecule has 1 heterocycles. The minimum absolute atomic E-state index is 0.374. The summed E-state index contributed by atoms with van der Waals surface area (Å²) in [6, 6.07) is 6.40. The molecule has 0 saturated heterocycles. The number of nitrogens with zero attached hydrogens (tertiary/aromatic N) is 2. The van der Waals surface area contributed by atoms with E-state index in [4.69, 9.17) is 5.73 Å². The van der Waals surface area contributed by atoms with Crippen molar-refractivity contribution in [3.63, 3.8) is 0 Å². The predicted octanol–water partition coefficient (Wildman–Crippen LogP) is 2.84. The van der Waals surface area contributed by atoms with Crippen LogP contribution < -0.4 is 5.73 Å². The van der Waals surface area contributed by atoms with E-state index in [-0.39, 0.29) is 0 Å². The van der Waals surface area contributed by atoms with Gasteiger partial charge >= 0.3 is 0 Å². The van der Waals surface area contributed by atoms with Gasteiger partial charge in [0.2, 0.25) is 0 Å². The molecule has 2 rings (SSSR count). The van der Waals surface area contributed by atoms with Crippen molar-refractivity contribution in [3.8, 4) is 11.3 Å². The standard InChI is InChI=1S/C15H19N3/c1-9-5-11(3)13(6-10(9)2)14-7-12(4)17-15(8-16)18-14/h5-7H,8,16H2,1-4H3. The molecule has 3 heteroatoms. The number of hydrogen-bond donors (Lipinski definition) is 1. The highest BCUT2D eigenvalue weighted by molar-refractivity contribution is 5.65. The van der Waals surface area contributed by atoms with Crippen LogP contribution >= 0.6 is 0 Å². The molecule has 0 spiro atoms. The Kier molecular flexibility index (Phi) is 3.43. The maximum Gasteiger partial charge on any atom is 0.142 e. The molecule has 2 N–H and O–H groups in total. The van der Waals surface area contributed by atoms with Crippen LogP contribution in [-0.2, 0) is 6.54 Å². The molecule has 0 aliphatic heterocycles. The lowest BCUT2D eigenvalue weighted by molar-refractivity contribution is 0.894. The summed E-state index contributed by atoms with van der Waals surface area (Å²) < 4.78 is 0. The van der Waals surface area contributed by atoms with E-state index in [1.54, 1.807) is 0 Å². The molecular weight excluding hydrogens is 222 g/mol. The second-order valence-corrected chi connectivity index (χ2v) is 4.77. The number of rotatable bonds is 2. The van der Waals surface area contributed by atoms with E-state index in [0.29, 0.717) is 12.4 Å². The number of aryl methyl sites for hydroxylation is 4. The van der Waals surface area contributed by atoms with Crippen molar-refractivity contribution in [2.75, 3.05) is 0 Å². The highest BCUT2D eigenvalue weighted by Gasteiger charge is 2.08. The number of aromatic nitrogens is 2. The molecule has 0 saturated carbocycles. The Morgan fingerprint density at radius 1 is 0.889 bits per heavy atom. The predicted molar refractivity (Wildman–Crippen MR) is 74.3 cm³/mol. The van der Waals surface area contributed by atoms with Gasteiger partial charge in [-0.25, -0.2) is 9.97 Å². The summed E-state index contributed by atoms with van der Waals surface area (Å²) in [4.78, 5) is 8.83. The molecule has 0 unspecified atom stereocenters. The Labute approximate surface area is 108 Å². The van der Waals surface area contributed by atoms with Gasteiger partial charge in [0.15, 0.2) is 0 Å². The van der Waals surface area contributed by atoms with Gasteiger partial charge in [0.05, 0.1) is 12.2 Å². The van der Waals surface area contributed by atoms with Gasteiger partial charge in [-0.2, -0.15) is 0 Å². The van der Waals surface area contributed by atoms with Crippen molar-refractivity contribution in [1.29, 1.82) is 0 Å². The second kappa shape index (κ2) is 4.86. The van der Waals surface area contributed by atoms with Gasteiger partial charge in [-0.05, 0) is 56.5 Å². The maximum absolute atomic E-state index is 5.63. The molecule has 0 aliphatic carbocycles. The normalized spacial score (nSPS) is 10.7. The molecule has 0 atom stereocenters. The van der Waals surface area contributed by atoms with E-state index in [1.807, 2.05) is 13.0 Å². The fourth-order valence-electron chi connectivity index (χ4n) is 2.10. The second-order valence-electron chi connectivity index (χ2n) is 4.77. The Bertz CT molecular complexity index is 589. The van der Waals surface area contributed by atoms with E-state index < -0.39 is 0 Å². The summed E-state index contributed by atoms with van der Waals surface area (Å²) in [5.74, 6) is 0.697. The number of hydrogen-bond acceptors (Lipinski definition) is 3. The van der Waals surface area contributed by atoms with E-state index in [9.17, 15) is 0 Å². The third-order valence-electron chi connectivity index (χ3n) is 3.20. The van der Waals surface area contributed by atoms with Gasteiger partial charge in [-0.15, -0.1) is 0 Å². The molecule has 0 bridgehead atoms. The Morgan fingerprint density at radius 2 is 1.56 bits per heavy atom. The molecule has 0 fully saturated rings. The van der Waals surface area contributed by atoms with E-state index in [2.05, 4.69) is 42.9 Å². The quantitative estimate of drug-likeness (QED) is 0.879. The SMILES string of the molecule is Cc1cc(-c2cc(C)c(C)cc2C)nc(CN)n1. The molecule has 0 aliphatic rings. The average molecular weight is 241 g/mol. The third kappa shape index (κ3) is 2.41. The number of benzene rings is 1. The van der Waals surface area contributed by atoms with Crippen molar-refractivity contribution in [2.45, 2.75) is 34.2 Å². The maximum atomic E-state index is 5.63. The van der Waals surface area contributed by atoms with Crippen LogP contribution in [0, 0.1) is 27.7 Å². The van der Waals surface area contributed by atoms with E-state index in [1.165, 1.54) is 22.3 Å². The first-order valence-corrected chi connectivity index (χ1v) is 6.14. The Hall–Kier alpha value is -1.74. The first kappa shape index (κ1) is 12.7. The zero-order valence-corrected chi connectivity index (χ0v) is 11.4. The van der Waals surface area contributed by atoms with Gasteiger partial charge < -0.3 is 5.73 Å². The van der Waals surface area contributed by atoms with E-state index >= 15 is 0 Å². The molecule has 1 aromatic carbocycles. The molecule has 0 radical (unpaired) electrons. The first-order valence-electron chi connectivity index (χ1n) is 6.14. The van der Waals surface area contributed by atoms with Crippen LogP contribution in [0.2, 0.25) is 0 Å². The molecular formula is C15H19N3. The molecule has 0 amide bonds. The monoisotopic (exact) mass is 241 g/mol. The molecule has 18 heavy (non-hydrogen) atoms. The van der Waals surface area contributed by atoms with Crippen molar-refractivity contribution in [3.05, 3.63) is 46.4 Å². The summed E-state index contributed by atoms with van der Waals surface area (Å²) in [5, 5.41) is 0. The fraction of sp³-hybridized carbons (Fsp3) is 0.333. The molecule has 1 aromatic heterocycles. The summed E-state index contributed by atoms with van der Waals surface area (Å²) in [7, 11) is 0. The van der Waals surface area contributed by atoms with Crippen LogP contribution in [0.3, 0.4) is 0 Å².